The third-order valence-electron chi connectivity index (χ3n) is 1.94. The molecule has 2 aromatic heterocycles. The first kappa shape index (κ1) is 19.0. The molecule has 0 fully saturated rings. The topological polar surface area (TPSA) is 55.2 Å². The molecule has 21 heavy (non-hydrogen) atoms. The van der Waals surface area contributed by atoms with E-state index in [4.69, 9.17) is 33.0 Å². The van der Waals surface area contributed by atoms with Crippen molar-refractivity contribution in [1.29, 1.82) is 0 Å². The molecule has 1 N–H and O–H groups in total. The van der Waals surface area contributed by atoms with E-state index in [0.717, 1.165) is 7.40 Å². The van der Waals surface area contributed by atoms with E-state index in [1.165, 1.54) is 6.07 Å². The zero-order chi connectivity index (χ0) is 16.0. The molecule has 0 aliphatic heterocycles. The number of rotatable bonds is 2. The van der Waals surface area contributed by atoms with Gasteiger partial charge < -0.3 is 9.84 Å². The summed E-state index contributed by atoms with van der Waals surface area (Å²) in [7, 11) is 0. The molecule has 0 saturated carbocycles. The van der Waals surface area contributed by atoms with E-state index in [2.05, 4.69) is 32.6 Å². The summed E-state index contributed by atoms with van der Waals surface area (Å²) < 4.78 is 7.04. The molecule has 0 aliphatic rings. The van der Waals surface area contributed by atoms with E-state index in [-0.39, 0.29) is 17.0 Å². The molecule has 2 aromatic rings. The van der Waals surface area contributed by atoms with E-state index >= 15 is 0 Å². The molecule has 0 amide bonds. The van der Waals surface area contributed by atoms with E-state index in [9.17, 15) is 0 Å². The van der Waals surface area contributed by atoms with Crippen LogP contribution in [0.25, 0.3) is 0 Å². The Morgan fingerprint density at radius 2 is 1.52 bits per heavy atom. The van der Waals surface area contributed by atoms with Gasteiger partial charge in [-0.1, -0.05) is 23.2 Å². The van der Waals surface area contributed by atoms with Crippen molar-refractivity contribution in [2.75, 3.05) is 0 Å². The molecule has 0 saturated heterocycles. The third-order valence-corrected chi connectivity index (χ3v) is 3.69. The van der Waals surface area contributed by atoms with Gasteiger partial charge in [0.15, 0.2) is 21.8 Å². The van der Waals surface area contributed by atoms with Crippen LogP contribution in [0.15, 0.2) is 24.3 Å². The standard InChI is InChI=1S/C8H9ClINO.C5H3ClINO/c1-5(2)12-6-3-4-7(10)11-8(6)9;6-5-3(9)1-2-4(7)8-5/h3-5H,1-2H3;1-2,9H. The number of aromatic hydroxyl groups is 1. The minimum Gasteiger partial charge on any atom is -0.505 e. The summed E-state index contributed by atoms with van der Waals surface area (Å²) in [6.07, 6.45) is 0.129. The second-order valence-electron chi connectivity index (χ2n) is 4.03. The molecule has 114 valence electrons. The van der Waals surface area contributed by atoms with E-state index in [1.807, 2.05) is 48.6 Å². The predicted molar refractivity (Wildman–Crippen MR) is 101 cm³/mol. The lowest BCUT2D eigenvalue weighted by Gasteiger charge is -2.10. The summed E-state index contributed by atoms with van der Waals surface area (Å²) in [6.45, 7) is 3.91. The van der Waals surface area contributed by atoms with Crippen LogP contribution in [0.4, 0.5) is 0 Å². The lowest BCUT2D eigenvalue weighted by molar-refractivity contribution is 0.241. The summed E-state index contributed by atoms with van der Waals surface area (Å²) in [4.78, 5) is 7.83. The molecule has 8 heteroatoms. The quantitative estimate of drug-likeness (QED) is 0.412. The van der Waals surface area contributed by atoms with Gasteiger partial charge in [-0.15, -0.1) is 0 Å². The van der Waals surface area contributed by atoms with Crippen molar-refractivity contribution in [2.24, 2.45) is 0 Å². The van der Waals surface area contributed by atoms with Crippen LogP contribution in [0, 0.1) is 7.40 Å². The van der Waals surface area contributed by atoms with Crippen LogP contribution in [0.3, 0.4) is 0 Å². The van der Waals surface area contributed by atoms with Gasteiger partial charge in [-0.2, -0.15) is 0 Å². The zero-order valence-corrected chi connectivity index (χ0v) is 17.0. The van der Waals surface area contributed by atoms with Gasteiger partial charge in [0.2, 0.25) is 0 Å². The second kappa shape index (κ2) is 9.16. The SMILES string of the molecule is CC(C)Oc1ccc(I)nc1Cl.Oc1ccc(I)nc1Cl. The van der Waals surface area contributed by atoms with E-state index < -0.39 is 0 Å². The Hall–Kier alpha value is -0.0600. The number of hydrogen-bond donors (Lipinski definition) is 1. The minimum atomic E-state index is 0.0251. The normalized spacial score (nSPS) is 10.0. The Morgan fingerprint density at radius 1 is 1.00 bits per heavy atom. The minimum absolute atomic E-state index is 0.0251. The van der Waals surface area contributed by atoms with Gasteiger partial charge >= 0.3 is 0 Å². The molecule has 0 aromatic carbocycles. The summed E-state index contributed by atoms with van der Waals surface area (Å²) in [5, 5.41) is 9.43. The molecule has 0 spiro atoms. The molecule has 2 rings (SSSR count). The Kier molecular flexibility index (Phi) is 8.28. The van der Waals surface area contributed by atoms with Crippen molar-refractivity contribution in [3.63, 3.8) is 0 Å². The molecule has 0 aliphatic carbocycles. The Morgan fingerprint density at radius 3 is 1.95 bits per heavy atom. The number of halogens is 4. The molecule has 4 nitrogen and oxygen atoms in total. The zero-order valence-electron chi connectivity index (χ0n) is 11.1. The molecular formula is C13H12Cl2I2N2O2. The van der Waals surface area contributed by atoms with E-state index in [1.54, 1.807) is 6.07 Å². The molecule has 0 unspecified atom stereocenters. The van der Waals surface area contributed by atoms with Gasteiger partial charge in [-0.25, -0.2) is 9.97 Å². The number of nitrogens with zero attached hydrogens (tertiary/aromatic N) is 2. The largest absolute Gasteiger partial charge is 0.505 e. The van der Waals surface area contributed by atoms with Crippen molar-refractivity contribution < 1.29 is 9.84 Å². The van der Waals surface area contributed by atoms with Crippen LogP contribution in [0.1, 0.15) is 13.8 Å². The number of aromatic nitrogens is 2. The van der Waals surface area contributed by atoms with Crippen LogP contribution in [0.2, 0.25) is 10.3 Å². The molecule has 0 radical (unpaired) electrons. The summed E-state index contributed by atoms with van der Waals surface area (Å²) in [6, 6.07) is 6.89. The highest BCUT2D eigenvalue weighted by molar-refractivity contribution is 14.1. The van der Waals surface area contributed by atoms with Gasteiger partial charge in [0, 0.05) is 0 Å². The second-order valence-corrected chi connectivity index (χ2v) is 6.96. The number of hydrogen-bond acceptors (Lipinski definition) is 4. The number of pyridine rings is 2. The first-order valence-corrected chi connectivity index (χ1v) is 8.70. The van der Waals surface area contributed by atoms with Crippen molar-refractivity contribution in [3.05, 3.63) is 42.0 Å². The number of ether oxygens (including phenoxy) is 1. The van der Waals surface area contributed by atoms with Crippen molar-refractivity contribution in [1.82, 2.24) is 9.97 Å². The van der Waals surface area contributed by atoms with E-state index in [0.29, 0.717) is 10.9 Å². The molecule has 0 atom stereocenters. The lowest BCUT2D eigenvalue weighted by Crippen LogP contribution is -2.06. The van der Waals surface area contributed by atoms with Crippen molar-refractivity contribution in [2.45, 2.75) is 20.0 Å². The summed E-state index contributed by atoms with van der Waals surface area (Å²) >= 11 is 15.4. The Labute approximate surface area is 160 Å². The fraction of sp³-hybridized carbons (Fsp3) is 0.231. The maximum Gasteiger partial charge on any atom is 0.172 e. The van der Waals surface area contributed by atoms with Crippen molar-refractivity contribution in [3.8, 4) is 11.5 Å². The molecule has 0 bridgehead atoms. The monoisotopic (exact) mass is 552 g/mol. The average molecular weight is 553 g/mol. The predicted octanol–water partition coefficient (Wildman–Crippen LogP) is 5.17. The highest BCUT2D eigenvalue weighted by atomic mass is 127. The van der Waals surface area contributed by atoms with Crippen LogP contribution < -0.4 is 4.74 Å². The molecular weight excluding hydrogens is 541 g/mol. The van der Waals surface area contributed by atoms with Crippen LogP contribution >= 0.6 is 68.4 Å². The van der Waals surface area contributed by atoms with Crippen LogP contribution in [-0.4, -0.2) is 21.2 Å². The van der Waals surface area contributed by atoms with Gasteiger partial charge in [0.25, 0.3) is 0 Å². The van der Waals surface area contributed by atoms with Crippen LogP contribution in [0.5, 0.6) is 11.5 Å². The van der Waals surface area contributed by atoms with Gasteiger partial charge in [-0.05, 0) is 83.3 Å². The average Bonchev–Trinajstić information content (AvgIpc) is 2.38. The maximum absolute atomic E-state index is 8.85. The first-order chi connectivity index (χ1) is 9.79. The van der Waals surface area contributed by atoms with Gasteiger partial charge in [0.1, 0.15) is 7.40 Å². The maximum atomic E-state index is 8.85. The third kappa shape index (κ3) is 7.16. The highest BCUT2D eigenvalue weighted by Gasteiger charge is 2.04. The Bertz CT molecular complexity index is 613. The van der Waals surface area contributed by atoms with Crippen LogP contribution in [-0.2, 0) is 0 Å². The fourth-order valence-electron chi connectivity index (χ4n) is 1.15. The highest BCUT2D eigenvalue weighted by Crippen LogP contribution is 2.23. The first-order valence-electron chi connectivity index (χ1n) is 5.79. The lowest BCUT2D eigenvalue weighted by atomic mass is 10.4. The summed E-state index contributed by atoms with van der Waals surface area (Å²) in [5.74, 6) is 0.671. The Balaban J connectivity index is 0.000000219. The fourth-order valence-corrected chi connectivity index (χ4v) is 2.63. The summed E-state index contributed by atoms with van der Waals surface area (Å²) in [5.41, 5.74) is 0. The molecule has 2 heterocycles. The van der Waals surface area contributed by atoms with Gasteiger partial charge in [0.05, 0.1) is 6.10 Å². The van der Waals surface area contributed by atoms with Crippen molar-refractivity contribution >= 4 is 68.4 Å². The van der Waals surface area contributed by atoms with Gasteiger partial charge in [-0.3, -0.25) is 0 Å². The smallest absolute Gasteiger partial charge is 0.172 e.